The van der Waals surface area contributed by atoms with Gasteiger partial charge in [0.1, 0.15) is 11.6 Å². The van der Waals surface area contributed by atoms with Gasteiger partial charge in [0.05, 0.1) is 5.56 Å². The molecule has 1 nitrogen and oxygen atoms in total. The van der Waals surface area contributed by atoms with Crippen LogP contribution in [-0.4, -0.2) is 6.36 Å². The number of rotatable bonds is 9. The summed E-state index contributed by atoms with van der Waals surface area (Å²) in [7, 11) is 0. The van der Waals surface area contributed by atoms with Crippen LogP contribution in [0.3, 0.4) is 0 Å². The van der Waals surface area contributed by atoms with Gasteiger partial charge in [-0.15, -0.1) is 13.2 Å². The van der Waals surface area contributed by atoms with E-state index >= 15 is 8.78 Å². The second-order valence-electron chi connectivity index (χ2n) is 10.2. The molecule has 0 unspecified atom stereocenters. The Balaban J connectivity index is 1.43. The third-order valence-corrected chi connectivity index (χ3v) is 7.56. The Labute approximate surface area is 213 Å². The first-order valence-electron chi connectivity index (χ1n) is 13.1. The van der Waals surface area contributed by atoms with Crippen molar-refractivity contribution in [2.45, 2.75) is 77.5 Å². The number of unbranched alkanes of at least 4 members (excludes halogenated alkanes) is 2. The van der Waals surface area contributed by atoms with E-state index in [4.69, 9.17) is 0 Å². The van der Waals surface area contributed by atoms with E-state index in [9.17, 15) is 17.6 Å². The fourth-order valence-corrected chi connectivity index (χ4v) is 5.54. The number of ether oxygens (including phenoxy) is 1. The second-order valence-corrected chi connectivity index (χ2v) is 10.2. The van der Waals surface area contributed by atoms with E-state index in [1.165, 1.54) is 87.8 Å². The van der Waals surface area contributed by atoms with Gasteiger partial charge in [-0.3, -0.25) is 0 Å². The predicted octanol–water partition coefficient (Wildman–Crippen LogP) is 10.1. The lowest BCUT2D eigenvalue weighted by Gasteiger charge is -2.28. The van der Waals surface area contributed by atoms with Crippen LogP contribution in [0.4, 0.5) is 26.3 Å². The molecular weight excluding hydrogens is 490 g/mol. The lowest BCUT2D eigenvalue weighted by Crippen LogP contribution is -2.18. The fourth-order valence-electron chi connectivity index (χ4n) is 5.54. The van der Waals surface area contributed by atoms with Crippen LogP contribution in [-0.2, 0) is 6.42 Å². The van der Waals surface area contributed by atoms with E-state index in [0.29, 0.717) is 17.9 Å². The Hall–Kier alpha value is -2.70. The molecule has 4 rings (SSSR count). The Morgan fingerprint density at radius 2 is 1.46 bits per heavy atom. The van der Waals surface area contributed by atoms with E-state index in [-0.39, 0.29) is 21.9 Å². The maximum Gasteiger partial charge on any atom is 0.573 e. The van der Waals surface area contributed by atoms with Crippen LogP contribution in [0.5, 0.6) is 5.75 Å². The summed E-state index contributed by atoms with van der Waals surface area (Å²) in [4.78, 5) is 0. The van der Waals surface area contributed by atoms with Gasteiger partial charge in [0.15, 0.2) is 11.6 Å². The zero-order valence-electron chi connectivity index (χ0n) is 20.9. The highest BCUT2D eigenvalue weighted by Crippen LogP contribution is 2.36. The van der Waals surface area contributed by atoms with Gasteiger partial charge in [-0.1, -0.05) is 76.5 Å². The van der Waals surface area contributed by atoms with Crippen molar-refractivity contribution in [2.24, 2.45) is 11.8 Å². The molecule has 3 aromatic carbocycles. The van der Waals surface area contributed by atoms with Crippen molar-refractivity contribution in [1.82, 2.24) is 0 Å². The summed E-state index contributed by atoms with van der Waals surface area (Å²) in [6.45, 7) is 2.22. The molecule has 1 aliphatic carbocycles. The molecule has 1 fully saturated rings. The van der Waals surface area contributed by atoms with E-state index in [2.05, 4.69) is 11.7 Å². The average Bonchev–Trinajstić information content (AvgIpc) is 2.84. The van der Waals surface area contributed by atoms with Crippen LogP contribution in [0.25, 0.3) is 21.9 Å². The molecule has 0 aromatic heterocycles. The number of hydrogen-bond acceptors (Lipinski definition) is 1. The van der Waals surface area contributed by atoms with Crippen LogP contribution in [0, 0.1) is 29.3 Å². The second kappa shape index (κ2) is 11.8. The molecule has 0 amide bonds. The molecule has 0 bridgehead atoms. The molecular formula is C30H32F6O. The lowest BCUT2D eigenvalue weighted by molar-refractivity contribution is -0.275. The number of alkyl halides is 3. The highest BCUT2D eigenvalue weighted by atomic mass is 19.4. The van der Waals surface area contributed by atoms with Gasteiger partial charge in [0, 0.05) is 5.39 Å². The molecule has 37 heavy (non-hydrogen) atoms. The van der Waals surface area contributed by atoms with Crippen molar-refractivity contribution in [3.8, 4) is 16.9 Å². The van der Waals surface area contributed by atoms with E-state index in [1.54, 1.807) is 0 Å². The van der Waals surface area contributed by atoms with Gasteiger partial charge in [-0.05, 0) is 65.5 Å². The average molecular weight is 523 g/mol. The van der Waals surface area contributed by atoms with E-state index < -0.39 is 29.6 Å². The van der Waals surface area contributed by atoms with Gasteiger partial charge in [0.25, 0.3) is 0 Å². The number of benzene rings is 3. The largest absolute Gasteiger partial charge is 0.573 e. The zero-order valence-corrected chi connectivity index (χ0v) is 20.9. The quantitative estimate of drug-likeness (QED) is 0.201. The SMILES string of the molecule is CCCCC[C@H]1CC[C@H](CCc2cc(F)c(-c3ccc4c(F)c(OC(F)(F)F)ccc4c3)c(F)c2)CC1. The van der Waals surface area contributed by atoms with Crippen LogP contribution < -0.4 is 4.74 Å². The molecule has 0 radical (unpaired) electrons. The normalized spacial score (nSPS) is 18.4. The van der Waals surface area contributed by atoms with Crippen LogP contribution in [0.15, 0.2) is 42.5 Å². The minimum Gasteiger partial charge on any atom is -0.403 e. The Bertz CT molecular complexity index is 1190. The van der Waals surface area contributed by atoms with Crippen molar-refractivity contribution in [3.05, 3.63) is 65.5 Å². The first-order chi connectivity index (χ1) is 17.6. The Morgan fingerprint density at radius 1 is 0.811 bits per heavy atom. The summed E-state index contributed by atoms with van der Waals surface area (Å²) >= 11 is 0. The molecule has 7 heteroatoms. The molecule has 0 N–H and O–H groups in total. The summed E-state index contributed by atoms with van der Waals surface area (Å²) in [6, 6.07) is 8.63. The first kappa shape index (κ1) is 27.3. The van der Waals surface area contributed by atoms with Crippen molar-refractivity contribution < 1.29 is 31.1 Å². The molecule has 1 aliphatic rings. The van der Waals surface area contributed by atoms with Gasteiger partial charge < -0.3 is 4.74 Å². The Kier molecular flexibility index (Phi) is 8.71. The summed E-state index contributed by atoms with van der Waals surface area (Å²) in [5, 5.41) is 0.0701. The highest BCUT2D eigenvalue weighted by Gasteiger charge is 2.32. The van der Waals surface area contributed by atoms with Crippen molar-refractivity contribution in [3.63, 3.8) is 0 Å². The van der Waals surface area contributed by atoms with Crippen LogP contribution in [0.1, 0.15) is 70.3 Å². The molecule has 0 spiro atoms. The van der Waals surface area contributed by atoms with Gasteiger partial charge >= 0.3 is 6.36 Å². The predicted molar refractivity (Wildman–Crippen MR) is 134 cm³/mol. The molecule has 0 aliphatic heterocycles. The van der Waals surface area contributed by atoms with Crippen molar-refractivity contribution in [2.75, 3.05) is 0 Å². The van der Waals surface area contributed by atoms with Gasteiger partial charge in [-0.2, -0.15) is 0 Å². The lowest BCUT2D eigenvalue weighted by atomic mass is 9.77. The van der Waals surface area contributed by atoms with Gasteiger partial charge in [0.2, 0.25) is 0 Å². The molecule has 0 atom stereocenters. The van der Waals surface area contributed by atoms with Crippen LogP contribution >= 0.6 is 0 Å². The minimum absolute atomic E-state index is 0.136. The number of aryl methyl sites for hydroxylation is 1. The monoisotopic (exact) mass is 522 g/mol. The number of halogens is 6. The molecule has 200 valence electrons. The smallest absolute Gasteiger partial charge is 0.403 e. The molecule has 0 saturated heterocycles. The fraction of sp³-hybridized carbons (Fsp3) is 0.467. The number of hydrogen-bond donors (Lipinski definition) is 0. The van der Waals surface area contributed by atoms with Gasteiger partial charge in [-0.25, -0.2) is 13.2 Å². The number of fused-ring (bicyclic) bond motifs is 1. The van der Waals surface area contributed by atoms with Crippen molar-refractivity contribution >= 4 is 10.8 Å². The van der Waals surface area contributed by atoms with Crippen molar-refractivity contribution in [1.29, 1.82) is 0 Å². The standard InChI is InChI=1S/C30H32F6O/c1-2-3-4-5-19-6-8-20(9-7-19)10-11-21-16-25(31)28(26(32)17-21)23-12-14-24-22(18-23)13-15-27(29(24)33)37-30(34,35)36/h12-20H,2-11H2,1H3/t19-,20-. The summed E-state index contributed by atoms with van der Waals surface area (Å²) in [5.74, 6) is -2.18. The third kappa shape index (κ3) is 6.99. The van der Waals surface area contributed by atoms with E-state index in [1.807, 2.05) is 0 Å². The van der Waals surface area contributed by atoms with Crippen LogP contribution in [0.2, 0.25) is 0 Å². The molecule has 1 saturated carbocycles. The summed E-state index contributed by atoms with van der Waals surface area (Å²) < 4.78 is 85.7. The maximum absolute atomic E-state index is 15.0. The highest BCUT2D eigenvalue weighted by molar-refractivity contribution is 5.89. The summed E-state index contributed by atoms with van der Waals surface area (Å²) in [5.41, 5.74) is 0.540. The van der Waals surface area contributed by atoms with E-state index in [0.717, 1.165) is 18.4 Å². The third-order valence-electron chi connectivity index (χ3n) is 7.56. The molecule has 3 aromatic rings. The molecule has 0 heterocycles. The zero-order chi connectivity index (χ0) is 26.6. The topological polar surface area (TPSA) is 9.23 Å². The summed E-state index contributed by atoms with van der Waals surface area (Å²) in [6.07, 6.45) is 6.43. The maximum atomic E-state index is 15.0. The first-order valence-corrected chi connectivity index (χ1v) is 13.1. The Morgan fingerprint density at radius 3 is 2.08 bits per heavy atom. The minimum atomic E-state index is -5.03.